The van der Waals surface area contributed by atoms with E-state index in [0.29, 0.717) is 77.4 Å². The number of pyridine rings is 1. The number of aliphatic hydroxyl groups is 1. The van der Waals surface area contributed by atoms with Crippen LogP contribution in [0.2, 0.25) is 0 Å². The SMILES string of the molecule is CC(=O)c1ccccc1[N+](=O)[O-].CCOC(=O)C(=O)CC(=O)c1ccccc1[N+](=O)[O-].CCOC(=O)c1cc(-c2ccccc2N)n[nH]1.CCOC(=O)c1cc(-c2ccccc2[N+](=O)[O-])n[nH]1.CCOC(=O)c1cc2c3ccccc3nc(N)n2n1.Nc1nc2ccccc2c2cc(CCl)nn12.Nc1nc2ccccc2c2cc(CO)nn12.Nc1nc2ccccc2c2cc(Cc3cccc4cccnc34)nn12. The quantitative estimate of drug-likeness (QED) is 0.00381. The molecule has 20 aromatic rings. The fraction of sp³-hybridized carbons (Fsp3) is 0.131. The van der Waals surface area contributed by atoms with Crippen molar-refractivity contribution in [1.82, 2.24) is 83.8 Å². The van der Waals surface area contributed by atoms with Crippen LogP contribution in [0.5, 0.6) is 0 Å². The molecule has 0 unspecified atom stereocenters. The van der Waals surface area contributed by atoms with E-state index >= 15 is 0 Å². The van der Waals surface area contributed by atoms with Crippen molar-refractivity contribution >= 4 is 176 Å². The molecular weight excluding hydrogens is 1860 g/mol. The van der Waals surface area contributed by atoms with E-state index in [1.54, 1.807) is 76.8 Å². The van der Waals surface area contributed by atoms with Crippen LogP contribution in [0.3, 0.4) is 0 Å². The van der Waals surface area contributed by atoms with Gasteiger partial charge in [0, 0.05) is 69.0 Å². The molecule has 9 aromatic carbocycles. The number of H-pyrrole nitrogens is 2. The molecule has 0 radical (unpaired) electrons. The zero-order valence-electron chi connectivity index (χ0n) is 76.8. The molecule has 0 bridgehead atoms. The van der Waals surface area contributed by atoms with Gasteiger partial charge in [0.05, 0.1) is 155 Å². The van der Waals surface area contributed by atoms with Crippen molar-refractivity contribution < 1.29 is 72.4 Å². The fourth-order valence-corrected chi connectivity index (χ4v) is 14.6. The summed E-state index contributed by atoms with van der Waals surface area (Å²) in [6.07, 6.45) is 1.78. The maximum absolute atomic E-state index is 11.8. The Kier molecular flexibility index (Phi) is 33.2. The first kappa shape index (κ1) is 101. The summed E-state index contributed by atoms with van der Waals surface area (Å²) in [4.78, 5) is 132. The van der Waals surface area contributed by atoms with E-state index in [1.165, 1.54) is 66.9 Å². The lowest BCUT2D eigenvalue weighted by Crippen LogP contribution is -2.21. The molecule has 0 fully saturated rings. The minimum Gasteiger partial charge on any atom is -0.461 e. The molecule has 0 saturated heterocycles. The van der Waals surface area contributed by atoms with E-state index in [4.69, 9.17) is 59.6 Å². The lowest BCUT2D eigenvalue weighted by molar-refractivity contribution is -0.385. The number of Topliss-reactive ketones (excluding diaryl/α,β-unsaturated/α-hetero) is 3. The van der Waals surface area contributed by atoms with Crippen LogP contribution in [0, 0.1) is 30.3 Å². The van der Waals surface area contributed by atoms with Crippen molar-refractivity contribution in [2.45, 2.75) is 59.9 Å². The average molecular weight is 1950 g/mol. The third-order valence-electron chi connectivity index (χ3n) is 20.9. The number of nitrogens with one attached hydrogen (secondary N) is 2. The number of aliphatic hydroxyl groups excluding tert-OH is 1. The number of nitro benzene ring substituents is 3. The second-order valence-electron chi connectivity index (χ2n) is 30.2. The van der Waals surface area contributed by atoms with Crippen LogP contribution in [0.4, 0.5) is 46.5 Å². The molecule has 13 N–H and O–H groups in total. The number of esters is 4. The lowest BCUT2D eigenvalue weighted by atomic mass is 10.0. The summed E-state index contributed by atoms with van der Waals surface area (Å²) in [6, 6.07) is 76.6. The van der Waals surface area contributed by atoms with Crippen LogP contribution in [0.1, 0.15) is 116 Å². The van der Waals surface area contributed by atoms with Crippen molar-refractivity contribution in [3.05, 3.63) is 348 Å². The van der Waals surface area contributed by atoms with Crippen molar-refractivity contribution in [2.75, 3.05) is 55.1 Å². The minimum absolute atomic E-state index is 0.0181. The zero-order valence-corrected chi connectivity index (χ0v) is 77.5. The third-order valence-corrected chi connectivity index (χ3v) is 21.1. The number of hydrogen-bond acceptors (Lipinski definition) is 34. The molecule has 0 amide bonds. The number of fused-ring (bicyclic) bond motifs is 13. The Bertz CT molecular complexity index is 8020. The molecular formula is C99H88ClN25O18. The Labute approximate surface area is 813 Å². The lowest BCUT2D eigenvalue weighted by Gasteiger charge is -2.03. The topological polar surface area (TPSA) is 627 Å². The Morgan fingerprint density at radius 2 is 0.811 bits per heavy atom. The first-order chi connectivity index (χ1) is 69.0. The van der Waals surface area contributed by atoms with Gasteiger partial charge in [-0.1, -0.05) is 152 Å². The standard InChI is InChI=1S/C20H15N5.C13H12N4O2.C12H11N3O4.C12H13N3O2.C12H11NO6.C11H9ClN4.C11H10N4O.C8H7NO3/c21-20-23-17-9-2-1-8-16(17)18-12-15(24-25(18)20)11-14-6-3-5-13-7-4-10-22-19(13)14;1-2-19-12(18)10-7-11-8-5-3-4-6-9(8)15-13(14)17(11)16-10;1-2-19-12(16)10-7-9(13-14-10)8-5-3-4-6-11(8)15(17)18;1-2-17-12(16)11-7-10(14-15-11)8-5-3-4-6-9(8)13;1-2-19-12(16)11(15)7-10(14)8-5-3-4-6-9(8)13(17)18;12-6-7-5-10-8-3-1-2-4-9(8)14-11(13)16(10)15-7;12-11-13-9-4-2-1-3-8(9)10-5-7(6-16)14-15(10)11;1-6(10)7-4-2-3-5-8(7)9(11)12/h1-10,12H,11H2,(H2,21,23);3-7H,2H2,1H3,(H2,14,15);3-7H,2H2,1H3,(H,13,14);3-7H,2,13H2,1H3,(H,14,15);3-6H,2,7H2,1H3;1-5H,6H2,(H2,13,14);1-5,16H,6H2,(H2,12,13);2-5H,1H3. The smallest absolute Gasteiger partial charge is 0.375 e. The number of nitro groups is 3. The number of carbonyl (C=O) groups excluding carboxylic acids is 7. The molecule has 143 heavy (non-hydrogen) atoms. The van der Waals surface area contributed by atoms with Gasteiger partial charge >= 0.3 is 23.9 Å². The molecule has 11 heterocycles. The molecule has 0 aliphatic heterocycles. The van der Waals surface area contributed by atoms with E-state index in [0.717, 1.165) is 105 Å². The monoisotopic (exact) mass is 1950 g/mol. The van der Waals surface area contributed by atoms with Crippen molar-refractivity contribution in [3.63, 3.8) is 0 Å². The number of nitrogens with zero attached hydrogens (tertiary/aromatic N) is 18. The third kappa shape index (κ3) is 24.2. The van der Waals surface area contributed by atoms with E-state index < -0.39 is 62.3 Å². The van der Waals surface area contributed by atoms with Crippen LogP contribution < -0.4 is 28.7 Å². The first-order valence-corrected chi connectivity index (χ1v) is 44.1. The Morgan fingerprint density at radius 3 is 1.28 bits per heavy atom. The number of carbonyl (C=O) groups is 7. The molecule has 44 heteroatoms. The average Bonchev–Trinajstić information content (AvgIpc) is 1.64. The Morgan fingerprint density at radius 1 is 0.420 bits per heavy atom. The van der Waals surface area contributed by atoms with E-state index in [1.807, 2.05) is 140 Å². The maximum atomic E-state index is 11.8. The van der Waals surface area contributed by atoms with Crippen molar-refractivity contribution in [2.24, 2.45) is 0 Å². The summed E-state index contributed by atoms with van der Waals surface area (Å²) in [5.74, 6) is -2.92. The van der Waals surface area contributed by atoms with Gasteiger partial charge in [0.2, 0.25) is 29.6 Å². The summed E-state index contributed by atoms with van der Waals surface area (Å²) in [5, 5.41) is 76.5. The summed E-state index contributed by atoms with van der Waals surface area (Å²) < 4.78 is 25.4. The van der Waals surface area contributed by atoms with Crippen LogP contribution in [-0.2, 0) is 47.4 Å². The number of halogens is 1. The largest absolute Gasteiger partial charge is 0.461 e. The molecule has 0 aliphatic rings. The summed E-state index contributed by atoms with van der Waals surface area (Å²) in [5.41, 5.74) is 43.6. The highest BCUT2D eigenvalue weighted by Gasteiger charge is 2.27. The van der Waals surface area contributed by atoms with Crippen molar-refractivity contribution in [1.29, 1.82) is 0 Å². The van der Waals surface area contributed by atoms with Crippen LogP contribution in [-0.4, -0.2) is 171 Å². The normalized spacial score (nSPS) is 10.7. The number of aromatic amines is 2. The zero-order chi connectivity index (χ0) is 102. The number of para-hydroxylation sites is 9. The Hall–Kier alpha value is -19.3. The number of nitrogens with two attached hydrogens (primary N) is 5. The van der Waals surface area contributed by atoms with Gasteiger partial charge < -0.3 is 52.7 Å². The highest BCUT2D eigenvalue weighted by Crippen LogP contribution is 2.32. The number of alkyl halides is 1. The highest BCUT2D eigenvalue weighted by molar-refractivity contribution is 6.38. The molecule has 20 rings (SSSR count). The van der Waals surface area contributed by atoms with Crippen LogP contribution >= 0.6 is 11.6 Å². The molecule has 0 atom stereocenters. The number of rotatable bonds is 21. The van der Waals surface area contributed by atoms with Gasteiger partial charge in [0.15, 0.2) is 17.3 Å². The minimum atomic E-state index is -1.12. The van der Waals surface area contributed by atoms with E-state index in [9.17, 15) is 63.9 Å². The second-order valence-corrected chi connectivity index (χ2v) is 30.5. The summed E-state index contributed by atoms with van der Waals surface area (Å²) in [7, 11) is 0. The van der Waals surface area contributed by atoms with Gasteiger partial charge in [-0.25, -0.2) is 39.1 Å². The molecule has 11 aromatic heterocycles. The Balaban J connectivity index is 0.000000138. The number of nitrogen functional groups attached to an aromatic ring is 5. The summed E-state index contributed by atoms with van der Waals surface area (Å²) >= 11 is 5.76. The highest BCUT2D eigenvalue weighted by atomic mass is 35.5. The maximum Gasteiger partial charge on any atom is 0.375 e. The number of hydrogen-bond donors (Lipinski definition) is 8. The summed E-state index contributed by atoms with van der Waals surface area (Å²) in [6.45, 7) is 8.83. The molecule has 724 valence electrons. The van der Waals surface area contributed by atoms with Gasteiger partial charge in [-0.2, -0.15) is 48.7 Å². The van der Waals surface area contributed by atoms with Gasteiger partial charge in [0.25, 0.3) is 17.1 Å². The predicted molar refractivity (Wildman–Crippen MR) is 533 cm³/mol. The van der Waals surface area contributed by atoms with Crippen LogP contribution in [0.25, 0.3) is 99.1 Å². The molecule has 0 saturated carbocycles. The first-order valence-electron chi connectivity index (χ1n) is 43.6. The number of benzene rings is 9. The van der Waals surface area contributed by atoms with E-state index in [-0.39, 0.29) is 65.4 Å². The number of ketones is 3. The van der Waals surface area contributed by atoms with E-state index in [2.05, 4.69) is 101 Å². The van der Waals surface area contributed by atoms with Crippen LogP contribution in [0.15, 0.2) is 267 Å². The van der Waals surface area contributed by atoms with Gasteiger partial charge in [-0.15, -0.1) is 11.6 Å². The molecule has 43 nitrogen and oxygen atoms in total. The molecule has 0 spiro atoms. The van der Waals surface area contributed by atoms with Gasteiger partial charge in [-0.05, 0) is 131 Å². The second kappa shape index (κ2) is 46.9. The van der Waals surface area contributed by atoms with Gasteiger partial charge in [-0.3, -0.25) is 59.9 Å². The number of anilines is 5. The number of ether oxygens (including phenoxy) is 4. The molecule has 0 aliphatic carbocycles. The predicted octanol–water partition coefficient (Wildman–Crippen LogP) is 15.5. The number of aromatic nitrogens is 17. The fourth-order valence-electron chi connectivity index (χ4n) is 14.5. The van der Waals surface area contributed by atoms with Gasteiger partial charge in [0.1, 0.15) is 11.4 Å². The van der Waals surface area contributed by atoms with Crippen molar-refractivity contribution in [3.8, 4) is 22.5 Å².